The maximum Gasteiger partial charge on any atom is 0.287 e. The fourth-order valence-electron chi connectivity index (χ4n) is 3.49. The smallest absolute Gasteiger partial charge is 0.287 e. The van der Waals surface area contributed by atoms with E-state index in [9.17, 15) is 9.59 Å². The molecule has 0 radical (unpaired) electrons. The van der Waals surface area contributed by atoms with Crippen molar-refractivity contribution in [1.29, 1.82) is 0 Å². The number of fused-ring (bicyclic) bond motifs is 3. The number of furan rings is 1. The number of nitrogens with one attached hydrogen (secondary N) is 1. The molecule has 0 aliphatic heterocycles. The average Bonchev–Trinajstić information content (AvgIpc) is 3.32. The fraction of sp³-hybridized carbons (Fsp3) is 0.476. The molecule has 3 aromatic heterocycles. The first-order valence-corrected chi connectivity index (χ1v) is 11.7. The van der Waals surface area contributed by atoms with Crippen molar-refractivity contribution in [2.75, 3.05) is 6.54 Å². The molecule has 1 amide bonds. The highest BCUT2D eigenvalue weighted by Gasteiger charge is 2.21. The second-order valence-electron chi connectivity index (χ2n) is 7.81. The number of rotatable bonds is 6. The number of thiophene rings is 1. The van der Waals surface area contributed by atoms with E-state index in [1.807, 2.05) is 13.8 Å². The lowest BCUT2D eigenvalue weighted by Crippen LogP contribution is -2.26. The standard InChI is InChI=1S/C21H25N3O3S2/c1-12(2)10-22-18(25)15-9-8-13(27-15)11-28-21-23-19-17(20(26)24(21)3)14-6-4-5-7-16(14)29-19/h8-9,12H,4-7,10-11H2,1-3H3,(H,22,25). The van der Waals surface area contributed by atoms with Crippen LogP contribution < -0.4 is 10.9 Å². The number of hydrogen-bond donors (Lipinski definition) is 1. The van der Waals surface area contributed by atoms with Gasteiger partial charge in [-0.1, -0.05) is 25.6 Å². The zero-order chi connectivity index (χ0) is 20.5. The lowest BCUT2D eigenvalue weighted by atomic mass is 9.97. The van der Waals surface area contributed by atoms with Gasteiger partial charge in [-0.3, -0.25) is 14.2 Å². The van der Waals surface area contributed by atoms with Crippen LogP contribution in [0.4, 0.5) is 0 Å². The molecule has 0 saturated carbocycles. The third-order valence-electron chi connectivity index (χ3n) is 5.06. The first-order chi connectivity index (χ1) is 13.9. The Bertz CT molecular complexity index is 1110. The molecule has 0 saturated heterocycles. The van der Waals surface area contributed by atoms with Crippen LogP contribution in [0.25, 0.3) is 10.2 Å². The summed E-state index contributed by atoms with van der Waals surface area (Å²) in [5.74, 6) is 1.68. The van der Waals surface area contributed by atoms with Crippen LogP contribution in [-0.2, 0) is 25.6 Å². The molecule has 0 unspecified atom stereocenters. The first-order valence-electron chi connectivity index (χ1n) is 9.95. The van der Waals surface area contributed by atoms with Crippen LogP contribution in [0.5, 0.6) is 0 Å². The van der Waals surface area contributed by atoms with Crippen molar-refractivity contribution in [2.45, 2.75) is 50.4 Å². The van der Waals surface area contributed by atoms with E-state index < -0.39 is 0 Å². The van der Waals surface area contributed by atoms with Gasteiger partial charge >= 0.3 is 0 Å². The van der Waals surface area contributed by atoms with Crippen LogP contribution in [-0.4, -0.2) is 22.0 Å². The lowest BCUT2D eigenvalue weighted by Gasteiger charge is -2.10. The molecule has 3 heterocycles. The van der Waals surface area contributed by atoms with Crippen molar-refractivity contribution in [2.24, 2.45) is 13.0 Å². The van der Waals surface area contributed by atoms with Crippen LogP contribution in [0.3, 0.4) is 0 Å². The number of carbonyl (C=O) groups is 1. The molecule has 29 heavy (non-hydrogen) atoms. The summed E-state index contributed by atoms with van der Waals surface area (Å²) in [5.41, 5.74) is 1.24. The van der Waals surface area contributed by atoms with E-state index in [0.717, 1.165) is 29.5 Å². The Morgan fingerprint density at radius 3 is 2.93 bits per heavy atom. The first kappa shape index (κ1) is 20.2. The minimum absolute atomic E-state index is 0.0325. The summed E-state index contributed by atoms with van der Waals surface area (Å²) in [6.07, 6.45) is 4.36. The number of aromatic nitrogens is 2. The summed E-state index contributed by atoms with van der Waals surface area (Å²) in [5, 5.41) is 4.32. The quantitative estimate of drug-likeness (QED) is 0.469. The van der Waals surface area contributed by atoms with Crippen LogP contribution in [0.2, 0.25) is 0 Å². The molecule has 1 aliphatic carbocycles. The molecule has 3 aromatic rings. The summed E-state index contributed by atoms with van der Waals surface area (Å²) in [6, 6.07) is 3.49. The highest BCUT2D eigenvalue weighted by molar-refractivity contribution is 7.98. The Hall–Kier alpha value is -2.06. The van der Waals surface area contributed by atoms with Gasteiger partial charge < -0.3 is 9.73 Å². The number of thioether (sulfide) groups is 1. The lowest BCUT2D eigenvalue weighted by molar-refractivity contribution is 0.0920. The molecule has 0 fully saturated rings. The summed E-state index contributed by atoms with van der Waals surface area (Å²) in [4.78, 5) is 32.0. The Labute approximate surface area is 177 Å². The minimum Gasteiger partial charge on any atom is -0.455 e. The minimum atomic E-state index is -0.203. The maximum absolute atomic E-state index is 13.0. The molecular weight excluding hydrogens is 406 g/mol. The largest absolute Gasteiger partial charge is 0.455 e. The van der Waals surface area contributed by atoms with E-state index in [0.29, 0.717) is 34.9 Å². The summed E-state index contributed by atoms with van der Waals surface area (Å²) >= 11 is 3.11. The van der Waals surface area contributed by atoms with Crippen LogP contribution >= 0.6 is 23.1 Å². The van der Waals surface area contributed by atoms with Crippen molar-refractivity contribution < 1.29 is 9.21 Å². The Morgan fingerprint density at radius 1 is 1.34 bits per heavy atom. The van der Waals surface area contributed by atoms with Gasteiger partial charge in [0.1, 0.15) is 10.6 Å². The molecular formula is C21H25N3O3S2. The molecule has 0 aromatic carbocycles. The van der Waals surface area contributed by atoms with Crippen LogP contribution in [0, 0.1) is 5.92 Å². The normalized spacial score (nSPS) is 13.8. The predicted molar refractivity (Wildman–Crippen MR) is 117 cm³/mol. The molecule has 1 aliphatic rings. The van der Waals surface area contributed by atoms with Crippen LogP contribution in [0.1, 0.15) is 53.4 Å². The van der Waals surface area contributed by atoms with Gasteiger partial charge in [-0.05, 0) is 49.3 Å². The molecule has 6 nitrogen and oxygen atoms in total. The monoisotopic (exact) mass is 431 g/mol. The number of nitrogens with zero attached hydrogens (tertiary/aromatic N) is 2. The molecule has 154 valence electrons. The van der Waals surface area contributed by atoms with E-state index in [1.165, 1.54) is 28.6 Å². The van der Waals surface area contributed by atoms with Crippen molar-refractivity contribution in [3.8, 4) is 0 Å². The van der Waals surface area contributed by atoms with E-state index in [2.05, 4.69) is 5.32 Å². The highest BCUT2D eigenvalue weighted by Crippen LogP contribution is 2.34. The molecule has 0 bridgehead atoms. The van der Waals surface area contributed by atoms with Crippen molar-refractivity contribution in [3.63, 3.8) is 0 Å². The van der Waals surface area contributed by atoms with Gasteiger partial charge in [-0.15, -0.1) is 11.3 Å². The van der Waals surface area contributed by atoms with Crippen molar-refractivity contribution in [1.82, 2.24) is 14.9 Å². The van der Waals surface area contributed by atoms with Gasteiger partial charge in [0.15, 0.2) is 10.9 Å². The van der Waals surface area contributed by atoms with Gasteiger partial charge in [-0.2, -0.15) is 0 Å². The van der Waals surface area contributed by atoms with Crippen molar-refractivity contribution in [3.05, 3.63) is 44.4 Å². The zero-order valence-corrected chi connectivity index (χ0v) is 18.5. The Kier molecular flexibility index (Phi) is 5.83. The van der Waals surface area contributed by atoms with E-state index >= 15 is 0 Å². The Morgan fingerprint density at radius 2 is 2.14 bits per heavy atom. The second-order valence-corrected chi connectivity index (χ2v) is 9.83. The van der Waals surface area contributed by atoms with Gasteiger partial charge in [0.25, 0.3) is 11.5 Å². The maximum atomic E-state index is 13.0. The number of hydrogen-bond acceptors (Lipinski definition) is 6. The predicted octanol–water partition coefficient (Wildman–Crippen LogP) is 4.14. The fourth-order valence-corrected chi connectivity index (χ4v) is 5.66. The molecule has 0 spiro atoms. The molecule has 0 atom stereocenters. The summed E-state index contributed by atoms with van der Waals surface area (Å²) in [7, 11) is 1.77. The van der Waals surface area contributed by atoms with E-state index in [-0.39, 0.29) is 11.5 Å². The SMILES string of the molecule is CC(C)CNC(=O)c1ccc(CSc2nc3sc4c(c3c(=O)n2C)CCCC4)o1. The number of carbonyl (C=O) groups excluding carboxylic acids is 1. The number of aryl methyl sites for hydroxylation is 2. The molecule has 8 heteroatoms. The topological polar surface area (TPSA) is 77.1 Å². The number of amides is 1. The molecule has 4 rings (SSSR count). The second kappa shape index (κ2) is 8.36. The van der Waals surface area contributed by atoms with Crippen LogP contribution in [0.15, 0.2) is 26.5 Å². The average molecular weight is 432 g/mol. The van der Waals surface area contributed by atoms with E-state index in [1.54, 1.807) is 35.1 Å². The van der Waals surface area contributed by atoms with Gasteiger partial charge in [0, 0.05) is 18.5 Å². The van der Waals surface area contributed by atoms with Crippen molar-refractivity contribution >= 4 is 39.2 Å². The highest BCUT2D eigenvalue weighted by atomic mass is 32.2. The van der Waals surface area contributed by atoms with Gasteiger partial charge in [0.2, 0.25) is 0 Å². The van der Waals surface area contributed by atoms with Gasteiger partial charge in [0.05, 0.1) is 11.1 Å². The van der Waals surface area contributed by atoms with Gasteiger partial charge in [-0.25, -0.2) is 4.98 Å². The Balaban J connectivity index is 1.51. The third kappa shape index (κ3) is 4.14. The summed E-state index contributed by atoms with van der Waals surface area (Å²) < 4.78 is 7.31. The van der Waals surface area contributed by atoms with E-state index in [4.69, 9.17) is 9.40 Å². The molecule has 1 N–H and O–H groups in total. The zero-order valence-electron chi connectivity index (χ0n) is 16.9. The third-order valence-corrected chi connectivity index (χ3v) is 7.29. The summed E-state index contributed by atoms with van der Waals surface area (Å²) in [6.45, 7) is 4.70.